The lowest BCUT2D eigenvalue weighted by atomic mass is 10.0. The van der Waals surface area contributed by atoms with Crippen LogP contribution in [0.25, 0.3) is 0 Å². The molecule has 0 heterocycles. The number of phosphoric ester groups is 1. The second-order valence-corrected chi connectivity index (χ2v) is 25.6. The third-order valence-corrected chi connectivity index (χ3v) is 15.7. The van der Waals surface area contributed by atoms with E-state index in [1.165, 1.54) is 141 Å². The summed E-state index contributed by atoms with van der Waals surface area (Å²) in [7, 11) is 1.47. The van der Waals surface area contributed by atoms with Gasteiger partial charge >= 0.3 is 19.8 Å². The number of phosphoric acid groups is 1. The molecule has 0 aliphatic rings. The molecule has 0 radical (unpaired) electrons. The second kappa shape index (κ2) is 65.6. The molecule has 0 bridgehead atoms. The minimum Gasteiger partial charge on any atom is -0.462 e. The third-order valence-electron chi connectivity index (χ3n) is 14.7. The molecule has 0 aliphatic heterocycles. The van der Waals surface area contributed by atoms with E-state index < -0.39 is 26.5 Å². The lowest BCUT2D eigenvalue weighted by Gasteiger charge is -2.24. The molecular weight excluding hydrogens is 1090 g/mol. The molecule has 2 atom stereocenters. The van der Waals surface area contributed by atoms with Crippen LogP contribution >= 0.6 is 7.82 Å². The Hall–Kier alpha value is -3.85. The summed E-state index contributed by atoms with van der Waals surface area (Å²) in [4.78, 5) is 35.9. The zero-order chi connectivity index (χ0) is 62.6. The largest absolute Gasteiger partial charge is 0.472 e. The normalized spacial score (nSPS) is 14.0. The maximum Gasteiger partial charge on any atom is 0.472 e. The minimum atomic E-state index is -4.40. The molecule has 0 saturated carbocycles. The first-order valence-electron chi connectivity index (χ1n) is 34.9. The van der Waals surface area contributed by atoms with E-state index in [1.807, 2.05) is 21.1 Å². The number of hydrogen-bond donors (Lipinski definition) is 1. The number of carbonyl (C=O) groups excluding carboxylic acids is 2. The predicted octanol–water partition coefficient (Wildman–Crippen LogP) is 22.8. The van der Waals surface area contributed by atoms with Crippen molar-refractivity contribution < 1.29 is 42.1 Å². The number of carbonyl (C=O) groups is 2. The van der Waals surface area contributed by atoms with Crippen molar-refractivity contribution >= 4 is 19.8 Å². The Morgan fingerprint density at radius 3 is 0.930 bits per heavy atom. The van der Waals surface area contributed by atoms with Gasteiger partial charge in [-0.15, -0.1) is 0 Å². The minimum absolute atomic E-state index is 0.0265. The molecule has 0 amide bonds. The molecule has 0 spiro atoms. The van der Waals surface area contributed by atoms with Gasteiger partial charge in [0.2, 0.25) is 0 Å². The predicted molar refractivity (Wildman–Crippen MR) is 371 cm³/mol. The number of hydrogen-bond acceptors (Lipinski definition) is 7. The van der Waals surface area contributed by atoms with E-state index in [0.29, 0.717) is 17.4 Å². The van der Waals surface area contributed by atoms with E-state index >= 15 is 0 Å². The van der Waals surface area contributed by atoms with Gasteiger partial charge in [-0.25, -0.2) is 4.57 Å². The van der Waals surface area contributed by atoms with Gasteiger partial charge in [-0.05, 0) is 109 Å². The van der Waals surface area contributed by atoms with Gasteiger partial charge in [0.1, 0.15) is 19.8 Å². The molecule has 0 aliphatic carbocycles. The van der Waals surface area contributed by atoms with Crippen LogP contribution in [0, 0.1) is 0 Å². The van der Waals surface area contributed by atoms with Gasteiger partial charge in [0.15, 0.2) is 6.10 Å². The molecule has 0 aromatic rings. The van der Waals surface area contributed by atoms with Gasteiger partial charge in [-0.2, -0.15) is 0 Å². The van der Waals surface area contributed by atoms with Crippen LogP contribution in [0.15, 0.2) is 134 Å². The highest BCUT2D eigenvalue weighted by Crippen LogP contribution is 2.43. The van der Waals surface area contributed by atoms with Crippen LogP contribution in [0.1, 0.15) is 284 Å². The zero-order valence-corrected chi connectivity index (χ0v) is 56.9. The van der Waals surface area contributed by atoms with E-state index in [4.69, 9.17) is 18.5 Å². The molecule has 10 heteroatoms. The topological polar surface area (TPSA) is 108 Å². The van der Waals surface area contributed by atoms with Crippen LogP contribution < -0.4 is 0 Å². The number of allylic oxidation sites excluding steroid dienone is 22. The Bertz CT molecular complexity index is 1910. The van der Waals surface area contributed by atoms with Crippen LogP contribution in [0.3, 0.4) is 0 Å². The molecular formula is C76H131NO8P+. The summed E-state index contributed by atoms with van der Waals surface area (Å²) in [6, 6.07) is 0. The van der Waals surface area contributed by atoms with Gasteiger partial charge in [0.25, 0.3) is 0 Å². The summed E-state index contributed by atoms with van der Waals surface area (Å²) >= 11 is 0. The maximum absolute atomic E-state index is 12.9. The van der Waals surface area contributed by atoms with E-state index in [1.54, 1.807) is 0 Å². The zero-order valence-electron chi connectivity index (χ0n) is 56.0. The molecule has 1 N–H and O–H groups in total. The molecule has 0 aromatic heterocycles. The first kappa shape index (κ1) is 82.1. The SMILES string of the molecule is CC/C=C\C/C=C\C/C=C\C/C=C\C/C=C\C/C=C\CCCCCCCCCCCCCCCCCCC(=O)OC(COC(=O)CCCCCCCCCCCCC/C=C\C/C=C\C/C=C\C/C=C\C/C=C\CC)COP(=O)(O)OCC[N+](C)(C)C. The fourth-order valence-electron chi connectivity index (χ4n) is 9.40. The van der Waals surface area contributed by atoms with Crippen LogP contribution in [0.2, 0.25) is 0 Å². The molecule has 0 fully saturated rings. The summed E-state index contributed by atoms with van der Waals surface area (Å²) in [5.74, 6) is -0.800. The van der Waals surface area contributed by atoms with Crippen LogP contribution in [0.5, 0.6) is 0 Å². The Balaban J connectivity index is 4.06. The summed E-state index contributed by atoms with van der Waals surface area (Å²) in [5, 5.41) is 0. The van der Waals surface area contributed by atoms with Gasteiger partial charge in [0, 0.05) is 12.8 Å². The Labute approximate surface area is 530 Å². The number of likely N-dealkylation sites (N-methyl/N-ethyl adjacent to an activating group) is 1. The van der Waals surface area contributed by atoms with Gasteiger partial charge in [-0.3, -0.25) is 18.6 Å². The number of ether oxygens (including phenoxy) is 2. The van der Waals surface area contributed by atoms with Gasteiger partial charge < -0.3 is 18.9 Å². The Kier molecular flexibility index (Phi) is 62.7. The van der Waals surface area contributed by atoms with E-state index in [-0.39, 0.29) is 32.0 Å². The molecule has 0 aromatic carbocycles. The van der Waals surface area contributed by atoms with Crippen molar-refractivity contribution in [3.63, 3.8) is 0 Å². The number of rotatable bonds is 63. The lowest BCUT2D eigenvalue weighted by Crippen LogP contribution is -2.37. The molecule has 9 nitrogen and oxygen atoms in total. The van der Waals surface area contributed by atoms with Crippen molar-refractivity contribution in [3.8, 4) is 0 Å². The second-order valence-electron chi connectivity index (χ2n) is 24.2. The smallest absolute Gasteiger partial charge is 0.462 e. The first-order valence-corrected chi connectivity index (χ1v) is 36.4. The highest BCUT2D eigenvalue weighted by Gasteiger charge is 2.27. The van der Waals surface area contributed by atoms with Crippen molar-refractivity contribution in [2.75, 3.05) is 47.5 Å². The standard InChI is InChI=1S/C76H130NO8P/c1-6-8-10-12-14-16-18-20-22-24-26-28-30-32-34-35-36-37-38-39-40-41-43-45-47-49-51-53-55-57-59-61-63-65-67-69-76(79)85-74(73-84-86(80,81)83-71-70-77(3,4)5)72-82-75(78)68-66-64-62-60-58-56-54-52-50-48-46-44-42-33-31-29-27-25-23-21-19-17-15-13-11-9-7-2/h8-11,14-17,20-23,26-29,32-34,36-37,42,74H,6-7,12-13,18-19,24-25,30-31,35,38-41,43-73H2,1-5H3/p+1/b10-8-,11-9-,16-14-,17-15-,22-20-,23-21-,28-26-,29-27-,34-32-,37-36-,42-33-. The Morgan fingerprint density at radius 1 is 0.360 bits per heavy atom. The summed E-state index contributed by atoms with van der Waals surface area (Å²) in [5.41, 5.74) is 0. The average molecular weight is 1220 g/mol. The summed E-state index contributed by atoms with van der Waals surface area (Å²) < 4.78 is 34.7. The Morgan fingerprint density at radius 2 is 0.628 bits per heavy atom. The molecule has 2 unspecified atom stereocenters. The van der Waals surface area contributed by atoms with Crippen molar-refractivity contribution in [1.82, 2.24) is 0 Å². The highest BCUT2D eigenvalue weighted by molar-refractivity contribution is 7.47. The fourth-order valence-corrected chi connectivity index (χ4v) is 10.1. The van der Waals surface area contributed by atoms with Crippen molar-refractivity contribution in [1.29, 1.82) is 0 Å². The molecule has 0 rings (SSSR count). The van der Waals surface area contributed by atoms with Crippen LogP contribution in [0.4, 0.5) is 0 Å². The van der Waals surface area contributed by atoms with Gasteiger partial charge in [-0.1, -0.05) is 295 Å². The molecule has 492 valence electrons. The average Bonchev–Trinajstić information content (AvgIpc) is 3.56. The van der Waals surface area contributed by atoms with E-state index in [2.05, 4.69) is 148 Å². The fraction of sp³-hybridized carbons (Fsp3) is 0.684. The van der Waals surface area contributed by atoms with E-state index in [0.717, 1.165) is 109 Å². The lowest BCUT2D eigenvalue weighted by molar-refractivity contribution is -0.870. The van der Waals surface area contributed by atoms with Gasteiger partial charge in [0.05, 0.1) is 27.7 Å². The number of nitrogens with zero attached hydrogens (tertiary/aromatic N) is 1. The number of esters is 2. The number of quaternary nitrogens is 1. The number of unbranched alkanes of at least 4 members (excludes halogenated alkanes) is 27. The van der Waals surface area contributed by atoms with Crippen LogP contribution in [-0.2, 0) is 32.7 Å². The molecule has 0 saturated heterocycles. The van der Waals surface area contributed by atoms with Crippen LogP contribution in [-0.4, -0.2) is 74.9 Å². The first-order chi connectivity index (χ1) is 42.0. The quantitative estimate of drug-likeness (QED) is 0.0211. The van der Waals surface area contributed by atoms with Crippen molar-refractivity contribution in [3.05, 3.63) is 134 Å². The monoisotopic (exact) mass is 1220 g/mol. The summed E-state index contributed by atoms with van der Waals surface area (Å²) in [6.07, 6.45) is 95.5. The maximum atomic E-state index is 12.9. The third kappa shape index (κ3) is 69.3. The highest BCUT2D eigenvalue weighted by atomic mass is 31.2. The summed E-state index contributed by atoms with van der Waals surface area (Å²) in [6.45, 7) is 4.22. The van der Waals surface area contributed by atoms with E-state index in [9.17, 15) is 19.0 Å². The van der Waals surface area contributed by atoms with Crippen molar-refractivity contribution in [2.24, 2.45) is 0 Å². The molecule has 86 heavy (non-hydrogen) atoms. The van der Waals surface area contributed by atoms with Crippen molar-refractivity contribution in [2.45, 2.75) is 290 Å².